The number of aromatic nitrogens is 1. The molecule has 0 saturated carbocycles. The van der Waals surface area contributed by atoms with Gasteiger partial charge < -0.3 is 10.1 Å². The summed E-state index contributed by atoms with van der Waals surface area (Å²) in [5.41, 5.74) is 5.09. The van der Waals surface area contributed by atoms with Crippen LogP contribution in [0.2, 0.25) is 0 Å². The standard InChI is InChI=1S/C26H24N2O2/c1-3-18-9-13-20(14-10-18)27-26(29)23-17-25(28-24-8-6-5-7-22(23)24)19-11-15-21(16-12-19)30-4-2/h5-17H,3-4H2,1-2H3,(H,27,29). The molecule has 0 unspecified atom stereocenters. The molecule has 0 radical (unpaired) electrons. The monoisotopic (exact) mass is 396 g/mol. The minimum Gasteiger partial charge on any atom is -0.494 e. The largest absolute Gasteiger partial charge is 0.494 e. The highest BCUT2D eigenvalue weighted by molar-refractivity contribution is 6.13. The van der Waals surface area contributed by atoms with Crippen LogP contribution in [-0.4, -0.2) is 17.5 Å². The number of ether oxygens (including phenoxy) is 1. The Hall–Kier alpha value is -3.66. The van der Waals surface area contributed by atoms with Crippen molar-refractivity contribution >= 4 is 22.5 Å². The molecule has 1 N–H and O–H groups in total. The maximum absolute atomic E-state index is 13.1. The van der Waals surface area contributed by atoms with Gasteiger partial charge in [-0.1, -0.05) is 37.3 Å². The SMILES string of the molecule is CCOc1ccc(-c2cc(C(=O)Nc3ccc(CC)cc3)c3ccccc3n2)cc1. The van der Waals surface area contributed by atoms with Gasteiger partial charge in [0.2, 0.25) is 0 Å². The summed E-state index contributed by atoms with van der Waals surface area (Å²) in [6.45, 7) is 4.69. The third-order valence-corrected chi connectivity index (χ3v) is 5.04. The molecular weight excluding hydrogens is 372 g/mol. The van der Waals surface area contributed by atoms with Gasteiger partial charge in [-0.2, -0.15) is 0 Å². The van der Waals surface area contributed by atoms with Crippen molar-refractivity contribution in [1.29, 1.82) is 0 Å². The molecule has 30 heavy (non-hydrogen) atoms. The first-order valence-corrected chi connectivity index (χ1v) is 10.2. The Bertz CT molecular complexity index is 1170. The number of fused-ring (bicyclic) bond motifs is 1. The lowest BCUT2D eigenvalue weighted by Gasteiger charge is -2.11. The lowest BCUT2D eigenvalue weighted by atomic mass is 10.0. The fourth-order valence-corrected chi connectivity index (χ4v) is 3.42. The zero-order valence-electron chi connectivity index (χ0n) is 17.2. The number of para-hydroxylation sites is 1. The van der Waals surface area contributed by atoms with Crippen molar-refractivity contribution in [2.75, 3.05) is 11.9 Å². The van der Waals surface area contributed by atoms with Crippen LogP contribution in [0.15, 0.2) is 78.9 Å². The Kier molecular flexibility index (Phi) is 5.75. The molecule has 0 atom stereocenters. The summed E-state index contributed by atoms with van der Waals surface area (Å²) in [4.78, 5) is 17.9. The number of hydrogen-bond acceptors (Lipinski definition) is 3. The second kappa shape index (κ2) is 8.78. The van der Waals surface area contributed by atoms with E-state index < -0.39 is 0 Å². The molecule has 150 valence electrons. The summed E-state index contributed by atoms with van der Waals surface area (Å²) in [7, 11) is 0. The first kappa shape index (κ1) is 19.6. The van der Waals surface area contributed by atoms with E-state index in [2.05, 4.69) is 12.2 Å². The Morgan fingerprint density at radius 1 is 0.933 bits per heavy atom. The molecule has 0 spiro atoms. The van der Waals surface area contributed by atoms with Crippen LogP contribution in [0.1, 0.15) is 29.8 Å². The molecule has 0 bridgehead atoms. The predicted octanol–water partition coefficient (Wildman–Crippen LogP) is 6.12. The summed E-state index contributed by atoms with van der Waals surface area (Å²) in [6, 6.07) is 25.3. The molecular formula is C26H24N2O2. The predicted molar refractivity (Wildman–Crippen MR) is 122 cm³/mol. The molecule has 4 heteroatoms. The van der Waals surface area contributed by atoms with E-state index in [1.165, 1.54) is 5.56 Å². The Morgan fingerprint density at radius 3 is 2.37 bits per heavy atom. The fraction of sp³-hybridized carbons (Fsp3) is 0.154. The average Bonchev–Trinajstić information content (AvgIpc) is 2.79. The molecule has 4 nitrogen and oxygen atoms in total. The third kappa shape index (κ3) is 4.18. The molecule has 0 fully saturated rings. The fourth-order valence-electron chi connectivity index (χ4n) is 3.42. The molecule has 1 amide bonds. The van der Waals surface area contributed by atoms with E-state index >= 15 is 0 Å². The van der Waals surface area contributed by atoms with Gasteiger partial charge in [-0.25, -0.2) is 4.98 Å². The smallest absolute Gasteiger partial charge is 0.256 e. The summed E-state index contributed by atoms with van der Waals surface area (Å²) in [5.74, 6) is 0.667. The number of carbonyl (C=O) groups is 1. The van der Waals surface area contributed by atoms with Crippen LogP contribution in [0.3, 0.4) is 0 Å². The minimum atomic E-state index is -0.148. The lowest BCUT2D eigenvalue weighted by Crippen LogP contribution is -2.13. The van der Waals surface area contributed by atoms with Gasteiger partial charge in [-0.15, -0.1) is 0 Å². The second-order valence-corrected chi connectivity index (χ2v) is 7.03. The van der Waals surface area contributed by atoms with Gasteiger partial charge in [-0.05, 0) is 67.4 Å². The van der Waals surface area contributed by atoms with Crippen molar-refractivity contribution in [2.24, 2.45) is 0 Å². The topological polar surface area (TPSA) is 51.2 Å². The zero-order chi connectivity index (χ0) is 20.9. The van der Waals surface area contributed by atoms with E-state index in [1.54, 1.807) is 0 Å². The Balaban J connectivity index is 1.71. The average molecular weight is 396 g/mol. The van der Waals surface area contributed by atoms with Gasteiger partial charge in [-0.3, -0.25) is 4.79 Å². The number of hydrogen-bond donors (Lipinski definition) is 1. The van der Waals surface area contributed by atoms with Gasteiger partial charge in [0.25, 0.3) is 5.91 Å². The van der Waals surface area contributed by atoms with Crippen molar-refractivity contribution in [3.05, 3.63) is 90.0 Å². The van der Waals surface area contributed by atoms with Crippen molar-refractivity contribution in [3.8, 4) is 17.0 Å². The maximum atomic E-state index is 13.1. The molecule has 4 aromatic rings. The number of pyridine rings is 1. The molecule has 0 aliphatic rings. The van der Waals surface area contributed by atoms with Gasteiger partial charge in [0.15, 0.2) is 0 Å². The van der Waals surface area contributed by atoms with Gasteiger partial charge >= 0.3 is 0 Å². The van der Waals surface area contributed by atoms with E-state index in [4.69, 9.17) is 9.72 Å². The quantitative estimate of drug-likeness (QED) is 0.427. The highest BCUT2D eigenvalue weighted by Gasteiger charge is 2.14. The number of carbonyl (C=O) groups excluding carboxylic acids is 1. The third-order valence-electron chi connectivity index (χ3n) is 5.04. The number of nitrogens with zero attached hydrogens (tertiary/aromatic N) is 1. The van der Waals surface area contributed by atoms with Crippen molar-refractivity contribution in [3.63, 3.8) is 0 Å². The molecule has 0 saturated heterocycles. The number of nitrogens with one attached hydrogen (secondary N) is 1. The van der Waals surface area contributed by atoms with E-state index in [9.17, 15) is 4.79 Å². The molecule has 0 aliphatic carbocycles. The zero-order valence-corrected chi connectivity index (χ0v) is 17.2. The van der Waals surface area contributed by atoms with Gasteiger partial charge in [0.05, 0.1) is 23.4 Å². The summed E-state index contributed by atoms with van der Waals surface area (Å²) in [6.07, 6.45) is 0.967. The number of rotatable bonds is 6. The molecule has 4 rings (SSSR count). The molecule has 3 aromatic carbocycles. The maximum Gasteiger partial charge on any atom is 0.256 e. The molecule has 0 aliphatic heterocycles. The summed E-state index contributed by atoms with van der Waals surface area (Å²) < 4.78 is 5.53. The van der Waals surface area contributed by atoms with Crippen LogP contribution in [0.5, 0.6) is 5.75 Å². The van der Waals surface area contributed by atoms with E-state index in [0.29, 0.717) is 12.2 Å². The van der Waals surface area contributed by atoms with E-state index in [1.807, 2.05) is 85.8 Å². The van der Waals surface area contributed by atoms with Crippen molar-refractivity contribution in [1.82, 2.24) is 4.98 Å². The number of benzene rings is 3. The highest BCUT2D eigenvalue weighted by atomic mass is 16.5. The van der Waals surface area contributed by atoms with Gasteiger partial charge in [0.1, 0.15) is 5.75 Å². The Morgan fingerprint density at radius 2 is 1.67 bits per heavy atom. The van der Waals surface area contributed by atoms with Crippen LogP contribution in [0, 0.1) is 0 Å². The van der Waals surface area contributed by atoms with Crippen molar-refractivity contribution < 1.29 is 9.53 Å². The molecule has 1 heterocycles. The number of amides is 1. The minimum absolute atomic E-state index is 0.148. The van der Waals surface area contributed by atoms with Crippen LogP contribution < -0.4 is 10.1 Å². The van der Waals surface area contributed by atoms with Crippen LogP contribution in [0.4, 0.5) is 5.69 Å². The van der Waals surface area contributed by atoms with Crippen molar-refractivity contribution in [2.45, 2.75) is 20.3 Å². The highest BCUT2D eigenvalue weighted by Crippen LogP contribution is 2.27. The first-order valence-electron chi connectivity index (χ1n) is 10.2. The first-order chi connectivity index (χ1) is 14.7. The summed E-state index contributed by atoms with van der Waals surface area (Å²) in [5, 5.41) is 3.85. The Labute approximate surface area is 176 Å². The number of aryl methyl sites for hydroxylation is 1. The van der Waals surface area contributed by atoms with E-state index in [0.717, 1.165) is 40.0 Å². The van der Waals surface area contributed by atoms with Crippen LogP contribution in [-0.2, 0) is 6.42 Å². The second-order valence-electron chi connectivity index (χ2n) is 7.03. The normalized spacial score (nSPS) is 10.7. The lowest BCUT2D eigenvalue weighted by molar-refractivity contribution is 0.102. The summed E-state index contributed by atoms with van der Waals surface area (Å²) >= 11 is 0. The number of anilines is 1. The van der Waals surface area contributed by atoms with Crippen LogP contribution >= 0.6 is 0 Å². The van der Waals surface area contributed by atoms with E-state index in [-0.39, 0.29) is 5.91 Å². The van der Waals surface area contributed by atoms with Gasteiger partial charge in [0, 0.05) is 16.6 Å². The van der Waals surface area contributed by atoms with Crippen LogP contribution in [0.25, 0.3) is 22.2 Å². The molecule has 1 aromatic heterocycles.